The van der Waals surface area contributed by atoms with Crippen molar-refractivity contribution >= 4 is 17.3 Å². The molecule has 2 heterocycles. The standard InChI is InChI=1S/C8H8N2S/c1-11-8-6-10-4-2-3-7(10)5-9-8/h2-6H,1H3. The molecular formula is C8H8N2S. The second kappa shape index (κ2) is 2.58. The van der Waals surface area contributed by atoms with Crippen molar-refractivity contribution in [3.05, 3.63) is 30.7 Å². The van der Waals surface area contributed by atoms with Crippen molar-refractivity contribution in [2.24, 2.45) is 0 Å². The monoisotopic (exact) mass is 164 g/mol. The van der Waals surface area contributed by atoms with Gasteiger partial charge < -0.3 is 4.40 Å². The SMILES string of the molecule is CSc1cn2cccc2cn1. The van der Waals surface area contributed by atoms with Crippen molar-refractivity contribution < 1.29 is 0 Å². The molecule has 2 aromatic rings. The molecule has 2 aromatic heterocycles. The maximum absolute atomic E-state index is 4.24. The van der Waals surface area contributed by atoms with Crippen molar-refractivity contribution in [3.63, 3.8) is 0 Å². The summed E-state index contributed by atoms with van der Waals surface area (Å²) in [5.74, 6) is 0. The first kappa shape index (κ1) is 6.73. The van der Waals surface area contributed by atoms with E-state index in [0.29, 0.717) is 0 Å². The Balaban J connectivity index is 2.67. The predicted molar refractivity (Wildman–Crippen MR) is 47.0 cm³/mol. The lowest BCUT2D eigenvalue weighted by atomic mass is 10.5. The number of aromatic nitrogens is 2. The number of hydrogen-bond donors (Lipinski definition) is 0. The number of fused-ring (bicyclic) bond motifs is 1. The molecule has 0 fully saturated rings. The largest absolute Gasteiger partial charge is 0.320 e. The second-order valence-corrected chi connectivity index (χ2v) is 3.10. The molecule has 0 aliphatic carbocycles. The van der Waals surface area contributed by atoms with Crippen LogP contribution in [0.25, 0.3) is 5.52 Å². The summed E-state index contributed by atoms with van der Waals surface area (Å²) >= 11 is 1.66. The molecule has 0 aliphatic heterocycles. The van der Waals surface area contributed by atoms with Crippen molar-refractivity contribution in [1.82, 2.24) is 9.38 Å². The van der Waals surface area contributed by atoms with E-state index < -0.39 is 0 Å². The minimum atomic E-state index is 1.05. The molecule has 0 bridgehead atoms. The molecule has 0 radical (unpaired) electrons. The summed E-state index contributed by atoms with van der Waals surface area (Å²) in [7, 11) is 0. The fourth-order valence-corrected chi connectivity index (χ4v) is 1.40. The first-order valence-corrected chi connectivity index (χ1v) is 4.59. The van der Waals surface area contributed by atoms with Gasteiger partial charge in [-0.15, -0.1) is 11.8 Å². The second-order valence-electron chi connectivity index (χ2n) is 2.27. The fraction of sp³-hybridized carbons (Fsp3) is 0.125. The third kappa shape index (κ3) is 1.12. The summed E-state index contributed by atoms with van der Waals surface area (Å²) in [6.07, 6.45) is 7.96. The molecule has 0 saturated carbocycles. The van der Waals surface area contributed by atoms with Crippen LogP contribution in [-0.2, 0) is 0 Å². The van der Waals surface area contributed by atoms with E-state index in [2.05, 4.69) is 9.38 Å². The molecule has 0 unspecified atom stereocenters. The summed E-state index contributed by atoms with van der Waals surface area (Å²) in [5, 5.41) is 1.05. The van der Waals surface area contributed by atoms with Gasteiger partial charge in [0.1, 0.15) is 5.03 Å². The highest BCUT2D eigenvalue weighted by atomic mass is 32.2. The van der Waals surface area contributed by atoms with Crippen LogP contribution in [0, 0.1) is 0 Å². The normalized spacial score (nSPS) is 10.6. The average molecular weight is 164 g/mol. The Hall–Kier alpha value is -0.960. The molecule has 0 saturated heterocycles. The van der Waals surface area contributed by atoms with E-state index in [1.165, 1.54) is 0 Å². The lowest BCUT2D eigenvalue weighted by molar-refractivity contribution is 1.03. The van der Waals surface area contributed by atoms with Gasteiger partial charge in [-0.2, -0.15) is 0 Å². The topological polar surface area (TPSA) is 17.3 Å². The van der Waals surface area contributed by atoms with E-state index in [0.717, 1.165) is 10.5 Å². The van der Waals surface area contributed by atoms with Gasteiger partial charge in [0, 0.05) is 12.4 Å². The third-order valence-electron chi connectivity index (χ3n) is 1.59. The molecule has 2 rings (SSSR count). The van der Waals surface area contributed by atoms with Gasteiger partial charge in [-0.3, -0.25) is 0 Å². The predicted octanol–water partition coefficient (Wildman–Crippen LogP) is 2.06. The lowest BCUT2D eigenvalue weighted by Crippen LogP contribution is -1.85. The molecule has 0 amide bonds. The molecular weight excluding hydrogens is 156 g/mol. The van der Waals surface area contributed by atoms with Crippen molar-refractivity contribution in [2.45, 2.75) is 5.03 Å². The van der Waals surface area contributed by atoms with Crippen LogP contribution in [0.2, 0.25) is 0 Å². The van der Waals surface area contributed by atoms with Gasteiger partial charge in [-0.05, 0) is 18.4 Å². The van der Waals surface area contributed by atoms with Crippen LogP contribution in [0.1, 0.15) is 0 Å². The number of rotatable bonds is 1. The van der Waals surface area contributed by atoms with E-state index in [1.807, 2.05) is 37.0 Å². The molecule has 2 nitrogen and oxygen atoms in total. The maximum atomic E-state index is 4.24. The van der Waals surface area contributed by atoms with E-state index in [1.54, 1.807) is 11.8 Å². The number of thioether (sulfide) groups is 1. The number of nitrogens with zero attached hydrogens (tertiary/aromatic N) is 2. The van der Waals surface area contributed by atoms with Crippen LogP contribution in [0.5, 0.6) is 0 Å². The third-order valence-corrected chi connectivity index (χ3v) is 2.22. The van der Waals surface area contributed by atoms with Gasteiger partial charge in [0.2, 0.25) is 0 Å². The summed E-state index contributed by atoms with van der Waals surface area (Å²) in [4.78, 5) is 4.24. The van der Waals surface area contributed by atoms with Gasteiger partial charge in [0.15, 0.2) is 0 Å². The van der Waals surface area contributed by atoms with Gasteiger partial charge >= 0.3 is 0 Å². The molecule has 11 heavy (non-hydrogen) atoms. The molecule has 0 aliphatic rings. The Bertz CT molecular complexity index is 367. The first-order chi connectivity index (χ1) is 5.40. The highest BCUT2D eigenvalue weighted by molar-refractivity contribution is 7.98. The van der Waals surface area contributed by atoms with Gasteiger partial charge in [-0.1, -0.05) is 0 Å². The first-order valence-electron chi connectivity index (χ1n) is 3.37. The van der Waals surface area contributed by atoms with Crippen LogP contribution in [0.3, 0.4) is 0 Å². The summed E-state index contributed by atoms with van der Waals surface area (Å²) in [6.45, 7) is 0. The fourth-order valence-electron chi connectivity index (χ4n) is 1.02. The van der Waals surface area contributed by atoms with Gasteiger partial charge in [-0.25, -0.2) is 4.98 Å². The molecule has 3 heteroatoms. The maximum Gasteiger partial charge on any atom is 0.112 e. The van der Waals surface area contributed by atoms with E-state index in [4.69, 9.17) is 0 Å². The number of hydrogen-bond acceptors (Lipinski definition) is 2. The molecule has 0 atom stereocenters. The highest BCUT2D eigenvalue weighted by Gasteiger charge is 1.93. The van der Waals surface area contributed by atoms with Crippen LogP contribution < -0.4 is 0 Å². The Kier molecular flexibility index (Phi) is 1.58. The molecule has 0 spiro atoms. The van der Waals surface area contributed by atoms with Crippen LogP contribution in [0.15, 0.2) is 35.7 Å². The van der Waals surface area contributed by atoms with Crippen molar-refractivity contribution in [3.8, 4) is 0 Å². The Morgan fingerprint density at radius 2 is 2.45 bits per heavy atom. The van der Waals surface area contributed by atoms with E-state index in [-0.39, 0.29) is 0 Å². The van der Waals surface area contributed by atoms with Crippen molar-refractivity contribution in [2.75, 3.05) is 6.26 Å². The summed E-state index contributed by atoms with van der Waals surface area (Å²) in [5.41, 5.74) is 1.14. The lowest BCUT2D eigenvalue weighted by Gasteiger charge is -1.96. The van der Waals surface area contributed by atoms with E-state index in [9.17, 15) is 0 Å². The average Bonchev–Trinajstić information content (AvgIpc) is 2.50. The Morgan fingerprint density at radius 3 is 3.27 bits per heavy atom. The van der Waals surface area contributed by atoms with Crippen LogP contribution in [0.4, 0.5) is 0 Å². The zero-order chi connectivity index (χ0) is 7.68. The van der Waals surface area contributed by atoms with Crippen LogP contribution in [-0.4, -0.2) is 15.6 Å². The molecule has 56 valence electrons. The minimum absolute atomic E-state index is 1.05. The Morgan fingerprint density at radius 1 is 1.55 bits per heavy atom. The van der Waals surface area contributed by atoms with Crippen molar-refractivity contribution in [1.29, 1.82) is 0 Å². The highest BCUT2D eigenvalue weighted by Crippen LogP contribution is 2.11. The summed E-state index contributed by atoms with van der Waals surface area (Å²) in [6, 6.07) is 4.05. The zero-order valence-corrected chi connectivity index (χ0v) is 7.01. The minimum Gasteiger partial charge on any atom is -0.320 e. The molecule has 0 aromatic carbocycles. The van der Waals surface area contributed by atoms with Crippen LogP contribution >= 0.6 is 11.8 Å². The van der Waals surface area contributed by atoms with E-state index >= 15 is 0 Å². The van der Waals surface area contributed by atoms with Gasteiger partial charge in [0.05, 0.1) is 11.7 Å². The summed E-state index contributed by atoms with van der Waals surface area (Å²) < 4.78 is 2.07. The molecule has 0 N–H and O–H groups in total. The smallest absolute Gasteiger partial charge is 0.112 e. The quantitative estimate of drug-likeness (QED) is 0.600. The Labute approximate surface area is 69.3 Å². The zero-order valence-electron chi connectivity index (χ0n) is 6.19. The van der Waals surface area contributed by atoms with Gasteiger partial charge in [0.25, 0.3) is 0 Å².